The molecule has 3 rings (SSSR count). The van der Waals surface area contributed by atoms with Crippen LogP contribution in [0.15, 0.2) is 29.8 Å². The van der Waals surface area contributed by atoms with Crippen LogP contribution in [-0.2, 0) is 6.54 Å². The topological polar surface area (TPSA) is 29.3 Å². The first kappa shape index (κ1) is 12.5. The lowest BCUT2D eigenvalue weighted by atomic mass is 10.2. The predicted octanol–water partition coefficient (Wildman–Crippen LogP) is 4.28. The van der Waals surface area contributed by atoms with Crippen molar-refractivity contribution in [1.82, 2.24) is 9.38 Å². The van der Waals surface area contributed by atoms with Crippen molar-refractivity contribution in [2.24, 2.45) is 0 Å². The summed E-state index contributed by atoms with van der Waals surface area (Å²) in [5.74, 6) is 0. The summed E-state index contributed by atoms with van der Waals surface area (Å²) in [6.07, 6.45) is 2.05. The van der Waals surface area contributed by atoms with Crippen LogP contribution in [-0.4, -0.2) is 9.38 Å². The Labute approximate surface area is 120 Å². The third kappa shape index (κ3) is 2.22. The number of hydrogen-bond donors (Lipinski definition) is 1. The highest BCUT2D eigenvalue weighted by Crippen LogP contribution is 2.26. The van der Waals surface area contributed by atoms with Gasteiger partial charge in [0.25, 0.3) is 0 Å². The number of imidazole rings is 1. The molecule has 0 radical (unpaired) electrons. The first-order valence-electron chi connectivity index (χ1n) is 6.07. The number of aryl methyl sites for hydroxylation is 2. The minimum Gasteiger partial charge on any atom is -0.378 e. The molecule has 1 N–H and O–H groups in total. The fourth-order valence-corrected chi connectivity index (χ4v) is 3.25. The Hall–Kier alpha value is -1.52. The van der Waals surface area contributed by atoms with Crippen molar-refractivity contribution >= 4 is 33.6 Å². The Kier molecular flexibility index (Phi) is 3.21. The average Bonchev–Trinajstić information content (AvgIpc) is 2.90. The SMILES string of the molecule is Cc1cccc(Cl)c1NCc1c(C)nc2sccn12. The number of nitrogens with zero attached hydrogens (tertiary/aromatic N) is 2. The average molecular weight is 292 g/mol. The number of thiazole rings is 1. The maximum atomic E-state index is 6.22. The van der Waals surface area contributed by atoms with Gasteiger partial charge in [0.1, 0.15) is 0 Å². The highest BCUT2D eigenvalue weighted by molar-refractivity contribution is 7.15. The molecule has 0 amide bonds. The van der Waals surface area contributed by atoms with E-state index in [-0.39, 0.29) is 0 Å². The Bertz CT molecular complexity index is 709. The summed E-state index contributed by atoms with van der Waals surface area (Å²) >= 11 is 7.87. The van der Waals surface area contributed by atoms with Gasteiger partial charge in [-0.15, -0.1) is 11.3 Å². The number of fused-ring (bicyclic) bond motifs is 1. The van der Waals surface area contributed by atoms with Gasteiger partial charge in [0, 0.05) is 11.6 Å². The molecular weight excluding hydrogens is 278 g/mol. The lowest BCUT2D eigenvalue weighted by Crippen LogP contribution is -2.05. The van der Waals surface area contributed by atoms with Gasteiger partial charge in [0.15, 0.2) is 4.96 Å². The Balaban J connectivity index is 1.90. The van der Waals surface area contributed by atoms with Crippen molar-refractivity contribution in [3.8, 4) is 0 Å². The highest BCUT2D eigenvalue weighted by atomic mass is 35.5. The van der Waals surface area contributed by atoms with Crippen LogP contribution in [0, 0.1) is 13.8 Å². The van der Waals surface area contributed by atoms with Gasteiger partial charge >= 0.3 is 0 Å². The van der Waals surface area contributed by atoms with Crippen molar-refractivity contribution in [3.05, 3.63) is 51.7 Å². The molecule has 2 heterocycles. The van der Waals surface area contributed by atoms with Gasteiger partial charge in [0.2, 0.25) is 0 Å². The molecule has 0 aliphatic rings. The second kappa shape index (κ2) is 4.87. The summed E-state index contributed by atoms with van der Waals surface area (Å²) < 4.78 is 2.12. The van der Waals surface area contributed by atoms with Crippen LogP contribution in [0.25, 0.3) is 4.96 Å². The number of para-hydroxylation sites is 1. The van der Waals surface area contributed by atoms with E-state index in [4.69, 9.17) is 11.6 Å². The fourth-order valence-electron chi connectivity index (χ4n) is 2.18. The zero-order valence-electron chi connectivity index (χ0n) is 10.8. The molecule has 0 unspecified atom stereocenters. The van der Waals surface area contributed by atoms with Gasteiger partial charge in [-0.2, -0.15) is 0 Å². The quantitative estimate of drug-likeness (QED) is 0.780. The Morgan fingerprint density at radius 2 is 2.21 bits per heavy atom. The number of anilines is 1. The fraction of sp³-hybridized carbons (Fsp3) is 0.214. The van der Waals surface area contributed by atoms with E-state index in [0.29, 0.717) is 6.54 Å². The summed E-state index contributed by atoms with van der Waals surface area (Å²) in [5.41, 5.74) is 4.38. The van der Waals surface area contributed by atoms with E-state index in [1.165, 1.54) is 5.69 Å². The smallest absolute Gasteiger partial charge is 0.194 e. The van der Waals surface area contributed by atoms with Gasteiger partial charge in [-0.05, 0) is 25.5 Å². The Morgan fingerprint density at radius 3 is 3.00 bits per heavy atom. The lowest BCUT2D eigenvalue weighted by Gasteiger charge is -2.11. The van der Waals surface area contributed by atoms with Crippen LogP contribution >= 0.6 is 22.9 Å². The van der Waals surface area contributed by atoms with Crippen molar-refractivity contribution in [2.75, 3.05) is 5.32 Å². The summed E-state index contributed by atoms with van der Waals surface area (Å²) in [4.78, 5) is 5.57. The highest BCUT2D eigenvalue weighted by Gasteiger charge is 2.10. The van der Waals surface area contributed by atoms with Crippen molar-refractivity contribution < 1.29 is 0 Å². The van der Waals surface area contributed by atoms with Crippen molar-refractivity contribution in [2.45, 2.75) is 20.4 Å². The van der Waals surface area contributed by atoms with Gasteiger partial charge in [0.05, 0.1) is 28.6 Å². The van der Waals surface area contributed by atoms with Crippen molar-refractivity contribution in [1.29, 1.82) is 0 Å². The zero-order chi connectivity index (χ0) is 13.4. The minimum atomic E-state index is 0.717. The third-order valence-corrected chi connectivity index (χ3v) is 4.29. The molecule has 0 aliphatic carbocycles. The van der Waals surface area contributed by atoms with Gasteiger partial charge in [-0.25, -0.2) is 4.98 Å². The van der Waals surface area contributed by atoms with Gasteiger partial charge in [-0.1, -0.05) is 23.7 Å². The molecule has 5 heteroatoms. The van der Waals surface area contributed by atoms with Gasteiger partial charge < -0.3 is 5.32 Å². The standard InChI is InChI=1S/C14H14ClN3S/c1-9-4-3-5-11(15)13(9)16-8-12-10(2)17-14-18(12)6-7-19-14/h3-7,16H,8H2,1-2H3. The van der Waals surface area contributed by atoms with E-state index >= 15 is 0 Å². The Morgan fingerprint density at radius 1 is 1.37 bits per heavy atom. The molecule has 0 spiro atoms. The first-order valence-corrected chi connectivity index (χ1v) is 7.32. The molecule has 19 heavy (non-hydrogen) atoms. The van der Waals surface area contributed by atoms with Crippen LogP contribution < -0.4 is 5.32 Å². The van der Waals surface area contributed by atoms with E-state index < -0.39 is 0 Å². The molecule has 0 bridgehead atoms. The minimum absolute atomic E-state index is 0.717. The van der Waals surface area contributed by atoms with Crippen molar-refractivity contribution in [3.63, 3.8) is 0 Å². The van der Waals surface area contributed by atoms with Crippen LogP contribution in [0.2, 0.25) is 5.02 Å². The second-order valence-corrected chi connectivity index (χ2v) is 5.76. The number of hydrogen-bond acceptors (Lipinski definition) is 3. The van der Waals surface area contributed by atoms with E-state index in [2.05, 4.69) is 33.9 Å². The van der Waals surface area contributed by atoms with Crippen LogP contribution in [0.3, 0.4) is 0 Å². The third-order valence-electron chi connectivity index (χ3n) is 3.22. The number of nitrogens with one attached hydrogen (secondary N) is 1. The first-order chi connectivity index (χ1) is 9.16. The van der Waals surface area contributed by atoms with Gasteiger partial charge in [-0.3, -0.25) is 4.40 Å². The van der Waals surface area contributed by atoms with E-state index in [0.717, 1.165) is 26.9 Å². The number of halogens is 1. The van der Waals surface area contributed by atoms with Crippen LogP contribution in [0.1, 0.15) is 17.0 Å². The molecule has 0 saturated carbocycles. The molecule has 0 saturated heterocycles. The normalized spacial score (nSPS) is 11.1. The summed E-state index contributed by atoms with van der Waals surface area (Å²) in [6, 6.07) is 5.92. The maximum Gasteiger partial charge on any atom is 0.194 e. The molecule has 3 aromatic rings. The van der Waals surface area contributed by atoms with E-state index in [1.54, 1.807) is 11.3 Å². The van der Waals surface area contributed by atoms with Crippen LogP contribution in [0.5, 0.6) is 0 Å². The lowest BCUT2D eigenvalue weighted by molar-refractivity contribution is 0.992. The summed E-state index contributed by atoms with van der Waals surface area (Å²) in [7, 11) is 0. The predicted molar refractivity (Wildman–Crippen MR) is 81.3 cm³/mol. The second-order valence-electron chi connectivity index (χ2n) is 4.48. The summed E-state index contributed by atoms with van der Waals surface area (Å²) in [6.45, 7) is 4.81. The molecule has 2 aromatic heterocycles. The maximum absolute atomic E-state index is 6.22. The molecule has 98 valence electrons. The van der Waals surface area contributed by atoms with E-state index in [9.17, 15) is 0 Å². The number of rotatable bonds is 3. The van der Waals surface area contributed by atoms with E-state index in [1.807, 2.05) is 24.4 Å². The molecular formula is C14H14ClN3S. The molecule has 0 fully saturated rings. The monoisotopic (exact) mass is 291 g/mol. The summed E-state index contributed by atoms with van der Waals surface area (Å²) in [5, 5.41) is 6.22. The number of benzene rings is 1. The molecule has 3 nitrogen and oxygen atoms in total. The molecule has 0 aliphatic heterocycles. The largest absolute Gasteiger partial charge is 0.378 e. The number of aromatic nitrogens is 2. The molecule has 1 aromatic carbocycles. The molecule has 0 atom stereocenters. The van der Waals surface area contributed by atoms with Crippen LogP contribution in [0.4, 0.5) is 5.69 Å². The zero-order valence-corrected chi connectivity index (χ0v) is 12.3.